The fourth-order valence-electron chi connectivity index (χ4n) is 3.42. The van der Waals surface area contributed by atoms with E-state index in [1.54, 1.807) is 6.08 Å². The molecule has 4 heteroatoms. The third-order valence-electron chi connectivity index (χ3n) is 4.50. The van der Waals surface area contributed by atoms with Gasteiger partial charge in [0, 0.05) is 23.1 Å². The Morgan fingerprint density at radius 2 is 2.00 bits per heavy atom. The predicted octanol–water partition coefficient (Wildman–Crippen LogP) is 3.84. The zero-order valence-electron chi connectivity index (χ0n) is 15.1. The van der Waals surface area contributed by atoms with Crippen LogP contribution in [0.5, 0.6) is 5.75 Å². The van der Waals surface area contributed by atoms with Gasteiger partial charge >= 0.3 is 0 Å². The maximum atomic E-state index is 11.7. The second kappa shape index (κ2) is 7.91. The fraction of sp³-hybridized carbons (Fsp3) is 0.227. The Morgan fingerprint density at radius 3 is 2.65 bits per heavy atom. The number of amides is 1. The second-order valence-corrected chi connectivity index (χ2v) is 6.27. The molecular weight excluding hydrogens is 324 g/mol. The van der Waals surface area contributed by atoms with Crippen molar-refractivity contribution in [2.75, 3.05) is 6.61 Å². The smallest absolute Gasteiger partial charge is 0.221 e. The molecule has 0 spiro atoms. The number of hydrogen-bond donors (Lipinski definition) is 1. The number of benzene rings is 2. The first kappa shape index (κ1) is 17.8. The number of nitrogens with zero attached hydrogens (tertiary/aromatic N) is 1. The minimum atomic E-state index is -0.323. The molecule has 0 bridgehead atoms. The number of carbonyl (C=O) groups is 1. The first-order valence-corrected chi connectivity index (χ1v) is 8.84. The zero-order chi connectivity index (χ0) is 18.5. The second-order valence-electron chi connectivity index (χ2n) is 6.27. The van der Waals surface area contributed by atoms with Crippen LogP contribution in [0.25, 0.3) is 10.9 Å². The number of fused-ring (bicyclic) bond motifs is 1. The SMILES string of the molecule is C=CCOc1ccc2c(c1)c(CC(N)=O)c(CC)n2Cc1ccccc1. The molecule has 2 aromatic carbocycles. The summed E-state index contributed by atoms with van der Waals surface area (Å²) in [7, 11) is 0. The summed E-state index contributed by atoms with van der Waals surface area (Å²) in [5.74, 6) is 0.443. The van der Waals surface area contributed by atoms with Crippen molar-refractivity contribution in [2.45, 2.75) is 26.3 Å². The molecule has 134 valence electrons. The number of nitrogens with two attached hydrogens (primary N) is 1. The normalized spacial score (nSPS) is 10.8. The van der Waals surface area contributed by atoms with Crippen LogP contribution in [0.1, 0.15) is 23.7 Å². The average molecular weight is 348 g/mol. The van der Waals surface area contributed by atoms with E-state index in [9.17, 15) is 4.79 Å². The van der Waals surface area contributed by atoms with Gasteiger partial charge in [0.25, 0.3) is 0 Å². The van der Waals surface area contributed by atoms with Crippen LogP contribution in [0.4, 0.5) is 0 Å². The Labute approximate surface area is 153 Å². The van der Waals surface area contributed by atoms with Crippen LogP contribution in [0, 0.1) is 0 Å². The number of aromatic nitrogens is 1. The van der Waals surface area contributed by atoms with Gasteiger partial charge in [0.05, 0.1) is 6.42 Å². The number of rotatable bonds is 8. The highest BCUT2D eigenvalue weighted by Crippen LogP contribution is 2.31. The molecule has 1 heterocycles. The van der Waals surface area contributed by atoms with E-state index >= 15 is 0 Å². The Balaban J connectivity index is 2.15. The van der Waals surface area contributed by atoms with Crippen molar-refractivity contribution in [1.82, 2.24) is 4.57 Å². The molecule has 4 nitrogen and oxygen atoms in total. The third-order valence-corrected chi connectivity index (χ3v) is 4.50. The van der Waals surface area contributed by atoms with Gasteiger partial charge in [-0.3, -0.25) is 4.79 Å². The summed E-state index contributed by atoms with van der Waals surface area (Å²) < 4.78 is 7.96. The van der Waals surface area contributed by atoms with Crippen molar-refractivity contribution in [1.29, 1.82) is 0 Å². The van der Waals surface area contributed by atoms with Crippen molar-refractivity contribution in [3.8, 4) is 5.75 Å². The van der Waals surface area contributed by atoms with Gasteiger partial charge in [-0.25, -0.2) is 0 Å². The van der Waals surface area contributed by atoms with Crippen molar-refractivity contribution in [3.63, 3.8) is 0 Å². The first-order valence-electron chi connectivity index (χ1n) is 8.84. The first-order chi connectivity index (χ1) is 12.6. The molecule has 3 aromatic rings. The molecule has 0 aliphatic heterocycles. The van der Waals surface area contributed by atoms with Crippen LogP contribution < -0.4 is 10.5 Å². The van der Waals surface area contributed by atoms with Gasteiger partial charge in [0.1, 0.15) is 12.4 Å². The molecule has 0 unspecified atom stereocenters. The number of primary amides is 1. The standard InChI is InChI=1S/C22H24N2O2/c1-3-12-26-17-10-11-21-18(13-17)19(14-22(23)25)20(4-2)24(21)15-16-8-6-5-7-9-16/h3,5-11,13H,1,4,12,14-15H2,2H3,(H2,23,25). The van der Waals surface area contributed by atoms with Crippen LogP contribution in [-0.2, 0) is 24.2 Å². The highest BCUT2D eigenvalue weighted by molar-refractivity contribution is 5.91. The van der Waals surface area contributed by atoms with E-state index in [1.807, 2.05) is 30.3 Å². The molecule has 0 aliphatic carbocycles. The number of carbonyl (C=O) groups excluding carboxylic acids is 1. The minimum Gasteiger partial charge on any atom is -0.490 e. The van der Waals surface area contributed by atoms with Crippen molar-refractivity contribution in [3.05, 3.63) is 78.0 Å². The molecular formula is C22H24N2O2. The Bertz CT molecular complexity index is 926. The predicted molar refractivity (Wildman–Crippen MR) is 105 cm³/mol. The number of hydrogen-bond acceptors (Lipinski definition) is 2. The lowest BCUT2D eigenvalue weighted by Gasteiger charge is -2.11. The molecule has 0 aliphatic rings. The van der Waals surface area contributed by atoms with Crippen molar-refractivity contribution < 1.29 is 9.53 Å². The van der Waals surface area contributed by atoms with E-state index in [4.69, 9.17) is 10.5 Å². The summed E-state index contributed by atoms with van der Waals surface area (Å²) >= 11 is 0. The highest BCUT2D eigenvalue weighted by Gasteiger charge is 2.18. The Hall–Kier alpha value is -3.01. The minimum absolute atomic E-state index is 0.229. The van der Waals surface area contributed by atoms with Crippen LogP contribution in [0.3, 0.4) is 0 Å². The molecule has 0 radical (unpaired) electrons. The van der Waals surface area contributed by atoms with Gasteiger partial charge in [0.15, 0.2) is 0 Å². The van der Waals surface area contributed by atoms with Gasteiger partial charge < -0.3 is 15.0 Å². The summed E-state index contributed by atoms with van der Waals surface area (Å²) in [6.07, 6.45) is 2.77. The molecule has 1 amide bonds. The third kappa shape index (κ3) is 3.64. The monoisotopic (exact) mass is 348 g/mol. The van der Waals surface area contributed by atoms with Gasteiger partial charge in [-0.1, -0.05) is 49.9 Å². The Morgan fingerprint density at radius 1 is 1.23 bits per heavy atom. The largest absolute Gasteiger partial charge is 0.490 e. The molecule has 1 aromatic heterocycles. The van der Waals surface area contributed by atoms with Gasteiger partial charge in [0.2, 0.25) is 5.91 Å². The molecule has 0 saturated carbocycles. The van der Waals surface area contributed by atoms with E-state index in [-0.39, 0.29) is 12.3 Å². The highest BCUT2D eigenvalue weighted by atomic mass is 16.5. The van der Waals surface area contributed by atoms with Gasteiger partial charge in [-0.2, -0.15) is 0 Å². The average Bonchev–Trinajstić information content (AvgIpc) is 2.92. The molecule has 3 rings (SSSR count). The van der Waals surface area contributed by atoms with Crippen LogP contribution in [0.2, 0.25) is 0 Å². The molecule has 0 atom stereocenters. The van der Waals surface area contributed by atoms with Crippen LogP contribution in [-0.4, -0.2) is 17.1 Å². The van der Waals surface area contributed by atoms with Crippen LogP contribution >= 0.6 is 0 Å². The van der Waals surface area contributed by atoms with E-state index in [2.05, 4.69) is 36.3 Å². The topological polar surface area (TPSA) is 57.2 Å². The fourth-order valence-corrected chi connectivity index (χ4v) is 3.42. The van der Waals surface area contributed by atoms with E-state index in [0.29, 0.717) is 6.61 Å². The summed E-state index contributed by atoms with van der Waals surface area (Å²) in [4.78, 5) is 11.7. The van der Waals surface area contributed by atoms with E-state index < -0.39 is 0 Å². The maximum Gasteiger partial charge on any atom is 0.221 e. The zero-order valence-corrected chi connectivity index (χ0v) is 15.1. The van der Waals surface area contributed by atoms with Crippen molar-refractivity contribution >= 4 is 16.8 Å². The molecule has 0 saturated heterocycles. The lowest BCUT2D eigenvalue weighted by molar-refractivity contribution is -0.117. The molecule has 0 fully saturated rings. The lowest BCUT2D eigenvalue weighted by atomic mass is 10.1. The maximum absolute atomic E-state index is 11.7. The Kier molecular flexibility index (Phi) is 5.42. The number of ether oxygens (including phenoxy) is 1. The molecule has 26 heavy (non-hydrogen) atoms. The van der Waals surface area contributed by atoms with Crippen LogP contribution in [0.15, 0.2) is 61.2 Å². The summed E-state index contributed by atoms with van der Waals surface area (Å²) in [5.41, 5.74) is 9.97. The summed E-state index contributed by atoms with van der Waals surface area (Å²) in [5, 5.41) is 1.03. The van der Waals surface area contributed by atoms with Gasteiger partial charge in [-0.15, -0.1) is 0 Å². The van der Waals surface area contributed by atoms with E-state index in [0.717, 1.165) is 40.9 Å². The molecule has 2 N–H and O–H groups in total. The summed E-state index contributed by atoms with van der Waals surface area (Å²) in [6, 6.07) is 16.3. The summed E-state index contributed by atoms with van der Waals surface area (Å²) in [6.45, 7) is 6.99. The quantitative estimate of drug-likeness (QED) is 0.629. The van der Waals surface area contributed by atoms with Crippen molar-refractivity contribution in [2.24, 2.45) is 5.73 Å². The van der Waals surface area contributed by atoms with Gasteiger partial charge in [-0.05, 0) is 35.7 Å². The lowest BCUT2D eigenvalue weighted by Crippen LogP contribution is -2.15. The van der Waals surface area contributed by atoms with E-state index in [1.165, 1.54) is 5.56 Å².